The van der Waals surface area contributed by atoms with Gasteiger partial charge >= 0.3 is 0 Å². The molecule has 5 heteroatoms. The third-order valence-electron chi connectivity index (χ3n) is 3.27. The van der Waals surface area contributed by atoms with Crippen molar-refractivity contribution in [2.75, 3.05) is 11.9 Å². The smallest absolute Gasteiger partial charge is 0.294 e. The first-order chi connectivity index (χ1) is 9.97. The Morgan fingerprint density at radius 1 is 1.10 bits per heavy atom. The summed E-state index contributed by atoms with van der Waals surface area (Å²) in [5.41, 5.74) is 2.69. The highest BCUT2D eigenvalue weighted by atomic mass is 32.2. The fourth-order valence-electron chi connectivity index (χ4n) is 2.22. The molecular weight excluding hydrogens is 286 g/mol. The number of aryl methyl sites for hydroxylation is 2. The lowest BCUT2D eigenvalue weighted by Gasteiger charge is -2.09. The normalized spacial score (nSPS) is 11.3. The number of hydrogen-bond acceptors (Lipinski definition) is 3. The zero-order valence-electron chi connectivity index (χ0n) is 11.9. The SMILES string of the molecule is Cc1cc(NCCCc2ccccc2)ccc1S(=O)(=O)O. The van der Waals surface area contributed by atoms with Gasteiger partial charge in [-0.2, -0.15) is 8.42 Å². The van der Waals surface area contributed by atoms with Crippen molar-refractivity contribution in [3.05, 3.63) is 59.7 Å². The Hall–Kier alpha value is -1.85. The van der Waals surface area contributed by atoms with Gasteiger partial charge in [0.1, 0.15) is 0 Å². The van der Waals surface area contributed by atoms with Gasteiger partial charge in [-0.3, -0.25) is 4.55 Å². The maximum absolute atomic E-state index is 11.1. The summed E-state index contributed by atoms with van der Waals surface area (Å²) >= 11 is 0. The molecule has 0 amide bonds. The average molecular weight is 305 g/mol. The van der Waals surface area contributed by atoms with Crippen molar-refractivity contribution >= 4 is 15.8 Å². The molecule has 0 aliphatic heterocycles. The summed E-state index contributed by atoms with van der Waals surface area (Å²) in [6.07, 6.45) is 1.99. The third-order valence-corrected chi connectivity index (χ3v) is 4.28. The third kappa shape index (κ3) is 4.58. The van der Waals surface area contributed by atoms with E-state index in [-0.39, 0.29) is 4.90 Å². The van der Waals surface area contributed by atoms with E-state index in [1.165, 1.54) is 11.6 Å². The van der Waals surface area contributed by atoms with Crippen molar-refractivity contribution in [3.63, 3.8) is 0 Å². The van der Waals surface area contributed by atoms with Crippen molar-refractivity contribution < 1.29 is 13.0 Å². The summed E-state index contributed by atoms with van der Waals surface area (Å²) in [5.74, 6) is 0. The van der Waals surface area contributed by atoms with E-state index in [9.17, 15) is 8.42 Å². The fraction of sp³-hybridized carbons (Fsp3) is 0.250. The van der Waals surface area contributed by atoms with Gasteiger partial charge in [0.15, 0.2) is 0 Å². The Labute approximate surface area is 125 Å². The molecular formula is C16H19NO3S. The standard InChI is InChI=1S/C16H19NO3S/c1-13-12-15(9-10-16(13)21(18,19)20)17-11-5-8-14-6-3-2-4-7-14/h2-4,6-7,9-10,12,17H,5,8,11H2,1H3,(H,18,19,20). The van der Waals surface area contributed by atoms with Crippen LogP contribution in [0.4, 0.5) is 5.69 Å². The van der Waals surface area contributed by atoms with E-state index in [2.05, 4.69) is 17.4 Å². The van der Waals surface area contributed by atoms with Crippen LogP contribution in [0.1, 0.15) is 17.5 Å². The summed E-state index contributed by atoms with van der Waals surface area (Å²) in [6.45, 7) is 2.47. The molecule has 0 fully saturated rings. The molecule has 0 saturated carbocycles. The Balaban J connectivity index is 1.88. The average Bonchev–Trinajstić information content (AvgIpc) is 2.43. The first-order valence-electron chi connectivity index (χ1n) is 6.83. The van der Waals surface area contributed by atoms with Crippen LogP contribution in [0.15, 0.2) is 53.4 Å². The van der Waals surface area contributed by atoms with Crippen LogP contribution >= 0.6 is 0 Å². The lowest BCUT2D eigenvalue weighted by molar-refractivity contribution is 0.482. The molecule has 0 aromatic heterocycles. The number of benzene rings is 2. The number of anilines is 1. The second kappa shape index (κ2) is 6.74. The molecule has 0 saturated heterocycles. The molecule has 2 aromatic carbocycles. The summed E-state index contributed by atoms with van der Waals surface area (Å²) < 4.78 is 31.3. The van der Waals surface area contributed by atoms with Gasteiger partial charge in [0, 0.05) is 12.2 Å². The molecule has 2 rings (SSSR count). The van der Waals surface area contributed by atoms with Crippen molar-refractivity contribution in [2.24, 2.45) is 0 Å². The van der Waals surface area contributed by atoms with Crippen LogP contribution in [0.5, 0.6) is 0 Å². The molecule has 0 heterocycles. The molecule has 4 nitrogen and oxygen atoms in total. The molecule has 2 aromatic rings. The second-order valence-corrected chi connectivity index (χ2v) is 6.36. The minimum Gasteiger partial charge on any atom is -0.385 e. The van der Waals surface area contributed by atoms with Crippen LogP contribution in [0.3, 0.4) is 0 Å². The highest BCUT2D eigenvalue weighted by molar-refractivity contribution is 7.85. The predicted octanol–water partition coefficient (Wildman–Crippen LogP) is 3.29. The largest absolute Gasteiger partial charge is 0.385 e. The summed E-state index contributed by atoms with van der Waals surface area (Å²) in [7, 11) is -4.14. The van der Waals surface area contributed by atoms with Gasteiger partial charge in [0.2, 0.25) is 0 Å². The number of rotatable bonds is 6. The van der Waals surface area contributed by atoms with E-state index in [1.54, 1.807) is 19.1 Å². The topological polar surface area (TPSA) is 66.4 Å². The van der Waals surface area contributed by atoms with Crippen molar-refractivity contribution in [1.82, 2.24) is 0 Å². The number of hydrogen-bond donors (Lipinski definition) is 2. The quantitative estimate of drug-likeness (QED) is 0.635. The van der Waals surface area contributed by atoms with Gasteiger partial charge in [-0.25, -0.2) is 0 Å². The van der Waals surface area contributed by atoms with E-state index in [0.29, 0.717) is 5.56 Å². The zero-order chi connectivity index (χ0) is 15.3. The minimum absolute atomic E-state index is 0.0441. The van der Waals surface area contributed by atoms with E-state index in [0.717, 1.165) is 25.1 Å². The first kappa shape index (κ1) is 15.5. The summed E-state index contributed by atoms with van der Waals surface area (Å²) in [6, 6.07) is 15.1. The Bertz CT molecular complexity index is 697. The molecule has 0 radical (unpaired) electrons. The molecule has 21 heavy (non-hydrogen) atoms. The zero-order valence-corrected chi connectivity index (χ0v) is 12.7. The molecule has 0 aliphatic carbocycles. The predicted molar refractivity (Wildman–Crippen MR) is 84.2 cm³/mol. The van der Waals surface area contributed by atoms with Gasteiger partial charge in [0.05, 0.1) is 4.90 Å². The highest BCUT2D eigenvalue weighted by Crippen LogP contribution is 2.19. The van der Waals surface area contributed by atoms with Crippen LogP contribution < -0.4 is 5.32 Å². The van der Waals surface area contributed by atoms with E-state index in [1.807, 2.05) is 18.2 Å². The summed E-state index contributed by atoms with van der Waals surface area (Å²) in [5, 5.41) is 3.26. The molecule has 0 unspecified atom stereocenters. The fourth-order valence-corrected chi connectivity index (χ4v) is 2.92. The maximum atomic E-state index is 11.1. The van der Waals surface area contributed by atoms with Gasteiger partial charge < -0.3 is 5.32 Å². The molecule has 112 valence electrons. The molecule has 0 spiro atoms. The van der Waals surface area contributed by atoms with Crippen molar-refractivity contribution in [1.29, 1.82) is 0 Å². The van der Waals surface area contributed by atoms with Gasteiger partial charge in [-0.15, -0.1) is 0 Å². The van der Waals surface area contributed by atoms with Crippen LogP contribution in [-0.4, -0.2) is 19.5 Å². The Kier molecular flexibility index (Phi) is 4.98. The maximum Gasteiger partial charge on any atom is 0.294 e. The lowest BCUT2D eigenvalue weighted by Crippen LogP contribution is -2.05. The van der Waals surface area contributed by atoms with Crippen molar-refractivity contribution in [3.8, 4) is 0 Å². The van der Waals surface area contributed by atoms with E-state index < -0.39 is 10.1 Å². The number of nitrogens with one attached hydrogen (secondary N) is 1. The monoisotopic (exact) mass is 305 g/mol. The van der Waals surface area contributed by atoms with Crippen LogP contribution in [0.2, 0.25) is 0 Å². The van der Waals surface area contributed by atoms with Gasteiger partial charge in [-0.1, -0.05) is 30.3 Å². The van der Waals surface area contributed by atoms with Gasteiger partial charge in [0.25, 0.3) is 10.1 Å². The van der Waals surface area contributed by atoms with Crippen molar-refractivity contribution in [2.45, 2.75) is 24.7 Å². The Morgan fingerprint density at radius 3 is 2.43 bits per heavy atom. The van der Waals surface area contributed by atoms with Crippen LogP contribution in [0.25, 0.3) is 0 Å². The Morgan fingerprint density at radius 2 is 1.81 bits per heavy atom. The van der Waals surface area contributed by atoms with Gasteiger partial charge in [-0.05, 0) is 49.1 Å². The van der Waals surface area contributed by atoms with E-state index >= 15 is 0 Å². The molecule has 2 N–H and O–H groups in total. The first-order valence-corrected chi connectivity index (χ1v) is 8.27. The molecule has 0 bridgehead atoms. The second-order valence-electron chi connectivity index (χ2n) is 4.97. The van der Waals surface area contributed by atoms with Crippen LogP contribution in [0, 0.1) is 6.92 Å². The lowest BCUT2D eigenvalue weighted by atomic mass is 10.1. The minimum atomic E-state index is -4.14. The molecule has 0 atom stereocenters. The van der Waals surface area contributed by atoms with Crippen LogP contribution in [-0.2, 0) is 16.5 Å². The summed E-state index contributed by atoms with van der Waals surface area (Å²) in [4.78, 5) is -0.0441. The molecule has 0 aliphatic rings. The van der Waals surface area contributed by atoms with E-state index in [4.69, 9.17) is 4.55 Å². The highest BCUT2D eigenvalue weighted by Gasteiger charge is 2.12.